The summed E-state index contributed by atoms with van der Waals surface area (Å²) in [5.41, 5.74) is -0.790. The van der Waals surface area contributed by atoms with Crippen molar-refractivity contribution < 1.29 is 18.0 Å². The van der Waals surface area contributed by atoms with Gasteiger partial charge >= 0.3 is 6.18 Å². The Labute approximate surface area is 120 Å². The molecule has 5 nitrogen and oxygen atoms in total. The number of aryl methyl sites for hydroxylation is 2. The summed E-state index contributed by atoms with van der Waals surface area (Å²) in [6, 6.07) is 0. The Hall–Kier alpha value is -1.57. The summed E-state index contributed by atoms with van der Waals surface area (Å²) < 4.78 is 41.3. The summed E-state index contributed by atoms with van der Waals surface area (Å²) in [6.07, 6.45) is -2.40. The topological polar surface area (TPSA) is 59.0 Å². The molecule has 1 aromatic heterocycles. The van der Waals surface area contributed by atoms with Gasteiger partial charge in [-0.05, 0) is 19.4 Å². The lowest BCUT2D eigenvalue weighted by Crippen LogP contribution is -2.52. The van der Waals surface area contributed by atoms with Crippen molar-refractivity contribution in [3.8, 4) is 0 Å². The molecule has 118 valence electrons. The van der Waals surface area contributed by atoms with Crippen molar-refractivity contribution in [2.75, 3.05) is 13.1 Å². The molecule has 1 atom stereocenters. The highest BCUT2D eigenvalue weighted by Gasteiger charge is 2.61. The number of amides is 1. The van der Waals surface area contributed by atoms with Crippen LogP contribution in [0, 0.1) is 5.41 Å². The fourth-order valence-corrected chi connectivity index (χ4v) is 2.63. The van der Waals surface area contributed by atoms with Crippen LogP contribution in [0.15, 0.2) is 6.20 Å². The van der Waals surface area contributed by atoms with Gasteiger partial charge in [-0.3, -0.25) is 9.48 Å². The van der Waals surface area contributed by atoms with Gasteiger partial charge in [0.2, 0.25) is 5.91 Å². The van der Waals surface area contributed by atoms with Gasteiger partial charge in [0, 0.05) is 31.9 Å². The Balaban J connectivity index is 2.10. The predicted molar refractivity (Wildman–Crippen MR) is 70.4 cm³/mol. The van der Waals surface area contributed by atoms with Gasteiger partial charge < -0.3 is 10.6 Å². The van der Waals surface area contributed by atoms with E-state index >= 15 is 0 Å². The van der Waals surface area contributed by atoms with Crippen LogP contribution in [0.4, 0.5) is 13.2 Å². The standard InChI is InChI=1S/C13H19F3N4O/c1-3-10-9(7-20(2)19-10)6-18-11(21)12(13(14,15)16)4-5-17-8-12/h7,17H,3-6,8H2,1-2H3,(H,18,21). The molecule has 1 amide bonds. The van der Waals surface area contributed by atoms with E-state index in [1.165, 1.54) is 0 Å². The Morgan fingerprint density at radius 1 is 1.57 bits per heavy atom. The molecule has 8 heteroatoms. The minimum atomic E-state index is -4.55. The van der Waals surface area contributed by atoms with E-state index in [4.69, 9.17) is 0 Å². The van der Waals surface area contributed by atoms with Gasteiger partial charge in [-0.15, -0.1) is 0 Å². The molecule has 0 bridgehead atoms. The Morgan fingerprint density at radius 3 is 2.81 bits per heavy atom. The molecule has 0 saturated carbocycles. The Kier molecular flexibility index (Phi) is 4.27. The summed E-state index contributed by atoms with van der Waals surface area (Å²) >= 11 is 0. The maximum Gasteiger partial charge on any atom is 0.404 e. The van der Waals surface area contributed by atoms with Crippen LogP contribution in [0.3, 0.4) is 0 Å². The molecule has 1 unspecified atom stereocenters. The second-order valence-electron chi connectivity index (χ2n) is 5.32. The van der Waals surface area contributed by atoms with Gasteiger partial charge in [0.05, 0.1) is 5.69 Å². The molecule has 1 saturated heterocycles. The smallest absolute Gasteiger partial charge is 0.351 e. The highest BCUT2D eigenvalue weighted by Crippen LogP contribution is 2.43. The van der Waals surface area contributed by atoms with E-state index in [1.54, 1.807) is 17.9 Å². The largest absolute Gasteiger partial charge is 0.404 e. The van der Waals surface area contributed by atoms with E-state index in [-0.39, 0.29) is 26.1 Å². The molecule has 2 N–H and O–H groups in total. The highest BCUT2D eigenvalue weighted by atomic mass is 19.4. The van der Waals surface area contributed by atoms with Crippen molar-refractivity contribution in [3.05, 3.63) is 17.5 Å². The fraction of sp³-hybridized carbons (Fsp3) is 0.692. The lowest BCUT2D eigenvalue weighted by Gasteiger charge is -2.29. The number of carbonyl (C=O) groups is 1. The van der Waals surface area contributed by atoms with Crippen molar-refractivity contribution in [2.45, 2.75) is 32.5 Å². The first-order valence-electron chi connectivity index (χ1n) is 6.87. The number of rotatable bonds is 4. The molecular formula is C13H19F3N4O. The normalized spacial score (nSPS) is 22.5. The number of nitrogens with one attached hydrogen (secondary N) is 2. The quantitative estimate of drug-likeness (QED) is 0.877. The molecule has 2 rings (SSSR count). The zero-order valence-corrected chi connectivity index (χ0v) is 12.0. The summed E-state index contributed by atoms with van der Waals surface area (Å²) in [6.45, 7) is 1.80. The maximum atomic E-state index is 13.2. The minimum absolute atomic E-state index is 0.0632. The summed E-state index contributed by atoms with van der Waals surface area (Å²) in [5, 5.41) is 9.25. The van der Waals surface area contributed by atoms with E-state index in [9.17, 15) is 18.0 Å². The molecule has 1 fully saturated rings. The van der Waals surface area contributed by atoms with Crippen LogP contribution in [0.25, 0.3) is 0 Å². The SMILES string of the molecule is CCc1nn(C)cc1CNC(=O)C1(C(F)(F)F)CCNC1. The van der Waals surface area contributed by atoms with Crippen molar-refractivity contribution >= 4 is 5.91 Å². The number of carbonyl (C=O) groups excluding carboxylic acids is 1. The minimum Gasteiger partial charge on any atom is -0.351 e. The van der Waals surface area contributed by atoms with Gasteiger partial charge in [0.15, 0.2) is 5.41 Å². The van der Waals surface area contributed by atoms with Crippen LogP contribution in [0.1, 0.15) is 24.6 Å². The number of nitrogens with zero attached hydrogens (tertiary/aromatic N) is 2. The molecule has 2 heterocycles. The lowest BCUT2D eigenvalue weighted by molar-refractivity contribution is -0.216. The zero-order chi connectivity index (χ0) is 15.7. The third kappa shape index (κ3) is 2.90. The van der Waals surface area contributed by atoms with Gasteiger partial charge in [-0.2, -0.15) is 18.3 Å². The van der Waals surface area contributed by atoms with Gasteiger partial charge in [-0.25, -0.2) is 0 Å². The predicted octanol–water partition coefficient (Wildman–Crippen LogP) is 1.14. The van der Waals surface area contributed by atoms with Crippen LogP contribution in [0.5, 0.6) is 0 Å². The zero-order valence-electron chi connectivity index (χ0n) is 12.0. The molecule has 0 spiro atoms. The van der Waals surface area contributed by atoms with Gasteiger partial charge in [0.25, 0.3) is 0 Å². The number of aromatic nitrogens is 2. The van der Waals surface area contributed by atoms with Crippen LogP contribution in [-0.4, -0.2) is 35.0 Å². The first-order valence-corrected chi connectivity index (χ1v) is 6.87. The molecule has 0 radical (unpaired) electrons. The number of halogens is 3. The molecule has 1 aromatic rings. The summed E-state index contributed by atoms with van der Waals surface area (Å²) in [7, 11) is 1.74. The molecular weight excluding hydrogens is 285 g/mol. The van der Waals surface area contributed by atoms with Crippen LogP contribution in [-0.2, 0) is 24.8 Å². The van der Waals surface area contributed by atoms with Crippen molar-refractivity contribution in [1.29, 1.82) is 0 Å². The van der Waals surface area contributed by atoms with Crippen molar-refractivity contribution in [3.63, 3.8) is 0 Å². The second kappa shape index (κ2) is 5.67. The lowest BCUT2D eigenvalue weighted by atomic mass is 9.85. The number of hydrogen-bond donors (Lipinski definition) is 2. The molecule has 0 aromatic carbocycles. The third-order valence-electron chi connectivity index (χ3n) is 3.90. The van der Waals surface area contributed by atoms with E-state index < -0.39 is 17.5 Å². The van der Waals surface area contributed by atoms with Crippen molar-refractivity contribution in [2.24, 2.45) is 12.5 Å². The Morgan fingerprint density at radius 2 is 2.29 bits per heavy atom. The summed E-state index contributed by atoms with van der Waals surface area (Å²) in [5.74, 6) is -0.967. The van der Waals surface area contributed by atoms with Gasteiger partial charge in [-0.1, -0.05) is 6.92 Å². The van der Waals surface area contributed by atoms with Gasteiger partial charge in [0.1, 0.15) is 0 Å². The highest BCUT2D eigenvalue weighted by molar-refractivity contribution is 5.84. The Bertz CT molecular complexity index is 518. The van der Waals surface area contributed by atoms with Crippen molar-refractivity contribution in [1.82, 2.24) is 20.4 Å². The van der Waals surface area contributed by atoms with E-state index in [0.29, 0.717) is 6.42 Å². The second-order valence-corrected chi connectivity index (χ2v) is 5.32. The first-order chi connectivity index (χ1) is 9.80. The van der Waals surface area contributed by atoms with Crippen LogP contribution < -0.4 is 10.6 Å². The van der Waals surface area contributed by atoms with E-state index in [2.05, 4.69) is 15.7 Å². The van der Waals surface area contributed by atoms with Crippen LogP contribution in [0.2, 0.25) is 0 Å². The summed E-state index contributed by atoms with van der Waals surface area (Å²) in [4.78, 5) is 12.1. The molecule has 0 aliphatic carbocycles. The molecule has 21 heavy (non-hydrogen) atoms. The van der Waals surface area contributed by atoms with E-state index in [0.717, 1.165) is 11.3 Å². The fourth-order valence-electron chi connectivity index (χ4n) is 2.63. The van der Waals surface area contributed by atoms with E-state index in [1.807, 2.05) is 6.92 Å². The number of alkyl halides is 3. The molecule has 1 aliphatic heterocycles. The molecule has 1 aliphatic rings. The average Bonchev–Trinajstić information content (AvgIpc) is 3.02. The monoisotopic (exact) mass is 304 g/mol. The maximum absolute atomic E-state index is 13.2. The number of hydrogen-bond acceptors (Lipinski definition) is 3. The van der Waals surface area contributed by atoms with Crippen LogP contribution >= 0.6 is 0 Å². The first kappa shape index (κ1) is 15.8. The average molecular weight is 304 g/mol. The third-order valence-corrected chi connectivity index (χ3v) is 3.90.